The molecule has 0 aliphatic heterocycles. The van der Waals surface area contributed by atoms with Gasteiger partial charge in [0, 0.05) is 12.8 Å². The van der Waals surface area contributed by atoms with E-state index in [-0.39, 0.29) is 25.0 Å². The van der Waals surface area contributed by atoms with E-state index in [1.54, 1.807) is 0 Å². The minimum atomic E-state index is -0.695. The van der Waals surface area contributed by atoms with Gasteiger partial charge in [-0.2, -0.15) is 0 Å². The molecular weight excluding hydrogens is 399 g/mol. The molecule has 0 N–H and O–H groups in total. The molecule has 4 nitrogen and oxygen atoms in total. The molecule has 0 spiro atoms. The molecule has 0 fully saturated rings. The van der Waals surface area contributed by atoms with Gasteiger partial charge in [-0.1, -0.05) is 77.6 Å². The summed E-state index contributed by atoms with van der Waals surface area (Å²) in [5, 5.41) is 0. The number of esters is 2. The molecule has 0 amide bonds. The van der Waals surface area contributed by atoms with Crippen LogP contribution >= 0.6 is 23.2 Å². The van der Waals surface area contributed by atoms with Crippen LogP contribution in [0.5, 0.6) is 0 Å². The van der Waals surface area contributed by atoms with Crippen LogP contribution in [0.4, 0.5) is 0 Å². The summed E-state index contributed by atoms with van der Waals surface area (Å²) in [5.74, 6) is -0.519. The Bertz CT molecular complexity index is 376. The zero-order valence-electron chi connectivity index (χ0n) is 17.7. The van der Waals surface area contributed by atoms with Crippen LogP contribution in [-0.2, 0) is 19.1 Å². The average Bonchev–Trinajstić information content (AvgIpc) is 2.67. The van der Waals surface area contributed by atoms with Crippen LogP contribution < -0.4 is 0 Å². The first-order valence-electron chi connectivity index (χ1n) is 11.2. The zero-order chi connectivity index (χ0) is 20.9. The highest BCUT2D eigenvalue weighted by Crippen LogP contribution is 2.12. The van der Waals surface area contributed by atoms with E-state index >= 15 is 0 Å². The molecule has 166 valence electrons. The highest BCUT2D eigenvalue weighted by Gasteiger charge is 2.08. The van der Waals surface area contributed by atoms with Gasteiger partial charge in [-0.3, -0.25) is 9.59 Å². The van der Waals surface area contributed by atoms with Gasteiger partial charge in [-0.15, -0.1) is 23.2 Å². The second-order valence-electron chi connectivity index (χ2n) is 7.39. The maximum absolute atomic E-state index is 11.6. The van der Waals surface area contributed by atoms with Gasteiger partial charge >= 0.3 is 11.9 Å². The molecule has 0 bridgehead atoms. The second kappa shape index (κ2) is 21.2. The van der Waals surface area contributed by atoms with Crippen LogP contribution in [0.15, 0.2) is 0 Å². The molecule has 6 heteroatoms. The summed E-state index contributed by atoms with van der Waals surface area (Å²) in [4.78, 5) is 22.3. The van der Waals surface area contributed by atoms with Crippen LogP contribution in [0.2, 0.25) is 0 Å². The summed E-state index contributed by atoms with van der Waals surface area (Å²) in [6.07, 6.45) is 17.3. The second-order valence-corrected chi connectivity index (χ2v) is 8.67. The molecule has 0 radical (unpaired) electrons. The third-order valence-corrected chi connectivity index (χ3v) is 4.90. The van der Waals surface area contributed by atoms with E-state index in [9.17, 15) is 9.59 Å². The Morgan fingerprint density at radius 2 is 1.07 bits per heavy atom. The molecule has 0 aromatic heterocycles. The van der Waals surface area contributed by atoms with Gasteiger partial charge < -0.3 is 9.47 Å². The Hall–Kier alpha value is -0.480. The first-order valence-corrected chi connectivity index (χ1v) is 12.0. The lowest BCUT2D eigenvalue weighted by molar-refractivity contribution is -0.145. The van der Waals surface area contributed by atoms with Crippen molar-refractivity contribution in [2.24, 2.45) is 0 Å². The van der Waals surface area contributed by atoms with Crippen LogP contribution in [-0.4, -0.2) is 30.0 Å². The number of hydrogen-bond acceptors (Lipinski definition) is 4. The number of hydrogen-bond donors (Lipinski definition) is 0. The molecule has 0 aliphatic rings. The van der Waals surface area contributed by atoms with Crippen molar-refractivity contribution < 1.29 is 19.1 Å². The maximum Gasteiger partial charge on any atom is 0.305 e. The summed E-state index contributed by atoms with van der Waals surface area (Å²) < 4.78 is 10.1. The van der Waals surface area contributed by atoms with Crippen molar-refractivity contribution in [1.82, 2.24) is 0 Å². The summed E-state index contributed by atoms with van der Waals surface area (Å²) >= 11 is 11.0. The Morgan fingerprint density at radius 3 is 1.54 bits per heavy atom. The van der Waals surface area contributed by atoms with Gasteiger partial charge in [0.2, 0.25) is 0 Å². The van der Waals surface area contributed by atoms with E-state index < -0.39 is 4.84 Å². The SMILES string of the molecule is CCCCCCCCCCCCCCOC(=O)CCCCC(=O)OCC(Cl)Cl. The highest BCUT2D eigenvalue weighted by atomic mass is 35.5. The van der Waals surface area contributed by atoms with Crippen LogP contribution in [0.1, 0.15) is 110 Å². The minimum Gasteiger partial charge on any atom is -0.466 e. The molecule has 0 heterocycles. The van der Waals surface area contributed by atoms with Crippen LogP contribution in [0.3, 0.4) is 0 Å². The van der Waals surface area contributed by atoms with Crippen molar-refractivity contribution in [2.75, 3.05) is 13.2 Å². The van der Waals surface area contributed by atoms with Gasteiger partial charge in [0.05, 0.1) is 6.61 Å². The third kappa shape index (κ3) is 21.8. The first kappa shape index (κ1) is 27.5. The van der Waals surface area contributed by atoms with Gasteiger partial charge in [-0.05, 0) is 19.3 Å². The standard InChI is InChI=1S/C22H40Cl2O4/c1-2-3-4-5-6-7-8-9-10-11-12-15-18-27-21(25)16-13-14-17-22(26)28-19-20(23)24/h20H,2-19H2,1H3. The predicted octanol–water partition coefficient (Wildman–Crippen LogP) is 7.14. The van der Waals surface area contributed by atoms with Gasteiger partial charge in [-0.25, -0.2) is 0 Å². The van der Waals surface area contributed by atoms with Crippen molar-refractivity contribution in [2.45, 2.75) is 114 Å². The van der Waals surface area contributed by atoms with E-state index in [2.05, 4.69) is 6.92 Å². The summed E-state index contributed by atoms with van der Waals surface area (Å²) in [6, 6.07) is 0. The molecule has 28 heavy (non-hydrogen) atoms. The molecule has 0 unspecified atom stereocenters. The Balaban J connectivity index is 3.26. The zero-order valence-corrected chi connectivity index (χ0v) is 19.2. The number of rotatable bonds is 20. The quantitative estimate of drug-likeness (QED) is 0.115. The fraction of sp³-hybridized carbons (Fsp3) is 0.909. The molecule has 0 saturated heterocycles. The molecule has 0 atom stereocenters. The fourth-order valence-corrected chi connectivity index (χ4v) is 3.09. The van der Waals surface area contributed by atoms with Crippen LogP contribution in [0, 0.1) is 0 Å². The Labute approximate surface area is 182 Å². The average molecular weight is 439 g/mol. The van der Waals surface area contributed by atoms with E-state index in [4.69, 9.17) is 32.7 Å². The molecule has 0 saturated carbocycles. The van der Waals surface area contributed by atoms with Crippen molar-refractivity contribution >= 4 is 35.1 Å². The predicted molar refractivity (Wildman–Crippen MR) is 117 cm³/mol. The normalized spacial score (nSPS) is 11.0. The van der Waals surface area contributed by atoms with Crippen molar-refractivity contribution in [1.29, 1.82) is 0 Å². The van der Waals surface area contributed by atoms with Crippen molar-refractivity contribution in [3.05, 3.63) is 0 Å². The Morgan fingerprint density at radius 1 is 0.643 bits per heavy atom. The van der Waals surface area contributed by atoms with Crippen LogP contribution in [0.25, 0.3) is 0 Å². The van der Waals surface area contributed by atoms with Crippen molar-refractivity contribution in [3.63, 3.8) is 0 Å². The van der Waals surface area contributed by atoms with E-state index in [0.717, 1.165) is 12.8 Å². The maximum atomic E-state index is 11.6. The molecule has 0 aliphatic carbocycles. The van der Waals surface area contributed by atoms with Gasteiger partial charge in [0.25, 0.3) is 0 Å². The molecule has 0 rings (SSSR count). The van der Waals surface area contributed by atoms with Gasteiger partial charge in [0.15, 0.2) is 0 Å². The third-order valence-electron chi connectivity index (χ3n) is 4.64. The Kier molecular flexibility index (Phi) is 20.9. The smallest absolute Gasteiger partial charge is 0.305 e. The largest absolute Gasteiger partial charge is 0.466 e. The number of halogens is 2. The topological polar surface area (TPSA) is 52.6 Å². The number of unbranched alkanes of at least 4 members (excludes halogenated alkanes) is 12. The molecular formula is C22H40Cl2O4. The summed E-state index contributed by atoms with van der Waals surface area (Å²) in [7, 11) is 0. The minimum absolute atomic E-state index is 0.00301. The lowest BCUT2D eigenvalue weighted by atomic mass is 10.1. The summed E-state index contributed by atoms with van der Waals surface area (Å²) in [5.41, 5.74) is 0. The lowest BCUT2D eigenvalue weighted by Crippen LogP contribution is -2.10. The number of carbonyl (C=O) groups excluding carboxylic acids is 2. The fourth-order valence-electron chi connectivity index (χ4n) is 2.97. The number of alkyl halides is 2. The summed E-state index contributed by atoms with van der Waals surface area (Å²) in [6.45, 7) is 2.76. The monoisotopic (exact) mass is 438 g/mol. The lowest BCUT2D eigenvalue weighted by Gasteiger charge is -2.06. The van der Waals surface area contributed by atoms with E-state index in [1.165, 1.54) is 64.2 Å². The highest BCUT2D eigenvalue weighted by molar-refractivity contribution is 6.44. The molecule has 0 aromatic carbocycles. The van der Waals surface area contributed by atoms with E-state index in [0.29, 0.717) is 25.9 Å². The molecule has 0 aromatic rings. The van der Waals surface area contributed by atoms with Crippen molar-refractivity contribution in [3.8, 4) is 0 Å². The van der Waals surface area contributed by atoms with E-state index in [1.807, 2.05) is 0 Å². The first-order chi connectivity index (χ1) is 13.6. The van der Waals surface area contributed by atoms with Gasteiger partial charge in [0.1, 0.15) is 11.4 Å². The number of ether oxygens (including phenoxy) is 2. The number of carbonyl (C=O) groups is 2.